The third kappa shape index (κ3) is 1.77. The highest BCUT2D eigenvalue weighted by atomic mass is 16.2. The lowest BCUT2D eigenvalue weighted by Crippen LogP contribution is -2.51. The van der Waals surface area contributed by atoms with E-state index in [1.54, 1.807) is 14.1 Å². The molecule has 1 saturated heterocycles. The van der Waals surface area contributed by atoms with Crippen molar-refractivity contribution in [2.75, 3.05) is 20.6 Å². The first-order valence-electron chi connectivity index (χ1n) is 5.80. The summed E-state index contributed by atoms with van der Waals surface area (Å²) in [6.45, 7) is -0.0232. The van der Waals surface area contributed by atoms with Crippen molar-refractivity contribution in [3.63, 3.8) is 0 Å². The summed E-state index contributed by atoms with van der Waals surface area (Å²) in [5.74, 6) is -0.410. The summed E-state index contributed by atoms with van der Waals surface area (Å²) in [4.78, 5) is 38.1. The van der Waals surface area contributed by atoms with E-state index in [0.717, 1.165) is 12.8 Å². The fourth-order valence-electron chi connectivity index (χ4n) is 2.55. The van der Waals surface area contributed by atoms with Gasteiger partial charge in [-0.15, -0.1) is 0 Å². The van der Waals surface area contributed by atoms with Gasteiger partial charge in [0.2, 0.25) is 5.91 Å². The molecule has 0 aromatic carbocycles. The second-order valence-electron chi connectivity index (χ2n) is 4.87. The summed E-state index contributed by atoms with van der Waals surface area (Å²) in [5.41, 5.74) is -0.761. The smallest absolute Gasteiger partial charge is 0.325 e. The third-order valence-corrected chi connectivity index (χ3v) is 3.63. The van der Waals surface area contributed by atoms with Crippen molar-refractivity contribution < 1.29 is 14.4 Å². The van der Waals surface area contributed by atoms with E-state index in [0.29, 0.717) is 12.8 Å². The molecule has 0 aromatic rings. The van der Waals surface area contributed by atoms with Gasteiger partial charge in [0.1, 0.15) is 12.1 Å². The zero-order valence-corrected chi connectivity index (χ0v) is 10.2. The Kier molecular flexibility index (Phi) is 2.81. The lowest BCUT2D eigenvalue weighted by atomic mass is 9.96. The van der Waals surface area contributed by atoms with Gasteiger partial charge in [-0.05, 0) is 12.8 Å². The highest BCUT2D eigenvalue weighted by Gasteiger charge is 2.54. The number of nitrogens with one attached hydrogen (secondary N) is 1. The van der Waals surface area contributed by atoms with Crippen LogP contribution in [-0.2, 0) is 9.59 Å². The molecule has 2 fully saturated rings. The van der Waals surface area contributed by atoms with Crippen molar-refractivity contribution in [1.82, 2.24) is 15.1 Å². The van der Waals surface area contributed by atoms with Crippen LogP contribution in [0, 0.1) is 0 Å². The average molecular weight is 239 g/mol. The highest BCUT2D eigenvalue weighted by Crippen LogP contribution is 2.38. The molecule has 1 N–H and O–H groups in total. The number of likely N-dealkylation sites (N-methyl/N-ethyl adjacent to an activating group) is 1. The maximum absolute atomic E-state index is 11.9. The van der Waals surface area contributed by atoms with Gasteiger partial charge in [0.05, 0.1) is 0 Å². The predicted molar refractivity (Wildman–Crippen MR) is 60.1 cm³/mol. The molecular weight excluding hydrogens is 222 g/mol. The van der Waals surface area contributed by atoms with Gasteiger partial charge in [0.15, 0.2) is 0 Å². The van der Waals surface area contributed by atoms with E-state index < -0.39 is 11.6 Å². The molecule has 6 heteroatoms. The molecule has 1 heterocycles. The van der Waals surface area contributed by atoms with Crippen molar-refractivity contribution in [2.45, 2.75) is 31.2 Å². The Morgan fingerprint density at radius 1 is 1.35 bits per heavy atom. The van der Waals surface area contributed by atoms with Gasteiger partial charge >= 0.3 is 6.03 Å². The van der Waals surface area contributed by atoms with E-state index in [1.165, 1.54) is 9.80 Å². The fraction of sp³-hybridized carbons (Fsp3) is 0.727. The molecular formula is C11H17N3O3. The van der Waals surface area contributed by atoms with Gasteiger partial charge in [-0.2, -0.15) is 0 Å². The fourth-order valence-corrected chi connectivity index (χ4v) is 2.55. The number of rotatable bonds is 2. The van der Waals surface area contributed by atoms with E-state index in [1.807, 2.05) is 0 Å². The van der Waals surface area contributed by atoms with E-state index in [2.05, 4.69) is 5.32 Å². The van der Waals surface area contributed by atoms with Gasteiger partial charge < -0.3 is 9.80 Å². The van der Waals surface area contributed by atoms with Crippen LogP contribution < -0.4 is 5.32 Å². The summed E-state index contributed by atoms with van der Waals surface area (Å²) in [6.07, 6.45) is 3.16. The van der Waals surface area contributed by atoms with Gasteiger partial charge in [-0.1, -0.05) is 12.8 Å². The molecule has 1 aliphatic heterocycles. The topological polar surface area (TPSA) is 69.7 Å². The molecule has 6 nitrogen and oxygen atoms in total. The minimum absolute atomic E-state index is 0.0232. The van der Waals surface area contributed by atoms with Crippen LogP contribution in [0.2, 0.25) is 0 Å². The molecule has 2 rings (SSSR count). The second-order valence-corrected chi connectivity index (χ2v) is 4.87. The number of hydrogen-bond donors (Lipinski definition) is 1. The molecule has 0 atom stereocenters. The molecule has 17 heavy (non-hydrogen) atoms. The Hall–Kier alpha value is -1.59. The van der Waals surface area contributed by atoms with E-state index >= 15 is 0 Å². The number of imide groups is 1. The summed E-state index contributed by atoms with van der Waals surface area (Å²) < 4.78 is 0. The Morgan fingerprint density at radius 2 is 1.94 bits per heavy atom. The molecule has 94 valence electrons. The lowest BCUT2D eigenvalue weighted by molar-refractivity contribution is -0.132. The summed E-state index contributed by atoms with van der Waals surface area (Å²) in [5, 5.41) is 2.32. The zero-order valence-electron chi connectivity index (χ0n) is 10.2. The molecule has 4 amide bonds. The van der Waals surface area contributed by atoms with Crippen molar-refractivity contribution >= 4 is 17.8 Å². The molecule has 0 bridgehead atoms. The highest BCUT2D eigenvalue weighted by molar-refractivity contribution is 6.08. The first-order chi connectivity index (χ1) is 7.97. The summed E-state index contributed by atoms with van der Waals surface area (Å²) in [6, 6.07) is -0.438. The minimum Gasteiger partial charge on any atom is -0.347 e. The number of hydrogen-bond acceptors (Lipinski definition) is 3. The number of urea groups is 1. The molecule has 2 aliphatic rings. The van der Waals surface area contributed by atoms with Crippen LogP contribution in [0.3, 0.4) is 0 Å². The van der Waals surface area contributed by atoms with Crippen molar-refractivity contribution in [3.8, 4) is 0 Å². The molecule has 0 unspecified atom stereocenters. The normalized spacial score (nSPS) is 22.1. The quantitative estimate of drug-likeness (QED) is 0.686. The lowest BCUT2D eigenvalue weighted by Gasteiger charge is -2.31. The third-order valence-electron chi connectivity index (χ3n) is 3.63. The van der Waals surface area contributed by atoms with E-state index in [9.17, 15) is 14.4 Å². The largest absolute Gasteiger partial charge is 0.347 e. The van der Waals surface area contributed by atoms with Crippen molar-refractivity contribution in [2.24, 2.45) is 0 Å². The number of amides is 4. The Labute approximate surface area is 99.9 Å². The molecule has 1 spiro atoms. The standard InChI is InChI=1S/C11H17N3O3/c1-13(2)8(15)7-14-10(17)12-9(16)11(14)5-3-4-6-11/h3-7H2,1-2H3,(H,12,16,17). The maximum Gasteiger partial charge on any atom is 0.325 e. The predicted octanol–water partition coefficient (Wildman–Crippen LogP) is -0.0608. The average Bonchev–Trinajstić information content (AvgIpc) is 2.81. The van der Waals surface area contributed by atoms with Crippen LogP contribution in [0.4, 0.5) is 4.79 Å². The van der Waals surface area contributed by atoms with Gasteiger partial charge in [0, 0.05) is 14.1 Å². The second kappa shape index (κ2) is 4.01. The van der Waals surface area contributed by atoms with Crippen LogP contribution in [0.1, 0.15) is 25.7 Å². The van der Waals surface area contributed by atoms with Crippen molar-refractivity contribution in [1.29, 1.82) is 0 Å². The van der Waals surface area contributed by atoms with Crippen LogP contribution in [-0.4, -0.2) is 53.8 Å². The maximum atomic E-state index is 11.9. The number of carbonyl (C=O) groups excluding carboxylic acids is 3. The molecule has 1 aliphatic carbocycles. The van der Waals surface area contributed by atoms with Crippen LogP contribution in [0.15, 0.2) is 0 Å². The number of carbonyl (C=O) groups is 3. The molecule has 0 radical (unpaired) electrons. The van der Waals surface area contributed by atoms with Gasteiger partial charge in [-0.3, -0.25) is 14.9 Å². The van der Waals surface area contributed by atoms with Crippen LogP contribution >= 0.6 is 0 Å². The Balaban J connectivity index is 2.21. The molecule has 0 aromatic heterocycles. The molecule has 1 saturated carbocycles. The van der Waals surface area contributed by atoms with Crippen LogP contribution in [0.25, 0.3) is 0 Å². The van der Waals surface area contributed by atoms with Crippen LogP contribution in [0.5, 0.6) is 0 Å². The summed E-state index contributed by atoms with van der Waals surface area (Å²) >= 11 is 0. The van der Waals surface area contributed by atoms with Gasteiger partial charge in [-0.25, -0.2) is 4.79 Å². The number of nitrogens with zero attached hydrogens (tertiary/aromatic N) is 2. The first-order valence-corrected chi connectivity index (χ1v) is 5.80. The van der Waals surface area contributed by atoms with Crippen molar-refractivity contribution in [3.05, 3.63) is 0 Å². The summed E-state index contributed by atoms with van der Waals surface area (Å²) in [7, 11) is 3.28. The minimum atomic E-state index is -0.761. The Morgan fingerprint density at radius 3 is 2.47 bits per heavy atom. The van der Waals surface area contributed by atoms with E-state index in [-0.39, 0.29) is 18.4 Å². The SMILES string of the molecule is CN(C)C(=O)CN1C(=O)NC(=O)C12CCCC2. The zero-order chi connectivity index (χ0) is 12.6. The van der Waals surface area contributed by atoms with E-state index in [4.69, 9.17) is 0 Å². The van der Waals surface area contributed by atoms with Gasteiger partial charge in [0.25, 0.3) is 5.91 Å². The monoisotopic (exact) mass is 239 g/mol. The first kappa shape index (κ1) is 11.9. The Bertz CT molecular complexity index is 372.